The average Bonchev–Trinajstić information content (AvgIpc) is 2.82. The van der Waals surface area contributed by atoms with Gasteiger partial charge in [0, 0.05) is 20.1 Å². The molecule has 0 unspecified atom stereocenters. The number of aldehydes is 1. The van der Waals surface area contributed by atoms with Gasteiger partial charge < -0.3 is 0 Å². The molecule has 0 N–H and O–H groups in total. The van der Waals surface area contributed by atoms with E-state index in [0.717, 1.165) is 63.2 Å². The summed E-state index contributed by atoms with van der Waals surface area (Å²) in [5.41, 5.74) is 6.43. The number of halogens is 3. The molecule has 0 bridgehead atoms. The van der Waals surface area contributed by atoms with Crippen molar-refractivity contribution in [1.29, 1.82) is 0 Å². The van der Waals surface area contributed by atoms with Crippen LogP contribution in [0.1, 0.15) is 68.7 Å². The number of rotatable bonds is 12. The maximum absolute atomic E-state index is 11.2. The summed E-state index contributed by atoms with van der Waals surface area (Å²) in [4.78, 5) is 21.9. The maximum Gasteiger partial charge on any atom is 0.252 e. The lowest BCUT2D eigenvalue weighted by atomic mass is 10.00. The molecular formula is C28H27Br2ClO2. The van der Waals surface area contributed by atoms with Gasteiger partial charge in [-0.05, 0) is 109 Å². The Morgan fingerprint density at radius 1 is 0.697 bits per heavy atom. The molecule has 0 aliphatic rings. The van der Waals surface area contributed by atoms with E-state index in [-0.39, 0.29) is 0 Å². The van der Waals surface area contributed by atoms with Crippen molar-refractivity contribution in [3.8, 4) is 0 Å². The van der Waals surface area contributed by atoms with E-state index in [9.17, 15) is 9.59 Å². The minimum Gasteiger partial charge on any atom is -0.298 e. The fourth-order valence-corrected chi connectivity index (χ4v) is 5.17. The highest BCUT2D eigenvalue weighted by atomic mass is 79.9. The average molecular weight is 591 g/mol. The third-order valence-corrected chi connectivity index (χ3v) is 7.53. The van der Waals surface area contributed by atoms with E-state index in [2.05, 4.69) is 44.0 Å². The number of benzene rings is 3. The van der Waals surface area contributed by atoms with Gasteiger partial charge >= 0.3 is 0 Å². The largest absolute Gasteiger partial charge is 0.298 e. The summed E-state index contributed by atoms with van der Waals surface area (Å²) in [6.07, 6.45) is 9.39. The quantitative estimate of drug-likeness (QED) is 0.120. The molecule has 0 atom stereocenters. The molecule has 172 valence electrons. The summed E-state index contributed by atoms with van der Waals surface area (Å²) in [7, 11) is 0. The highest BCUT2D eigenvalue weighted by Crippen LogP contribution is 2.29. The summed E-state index contributed by atoms with van der Waals surface area (Å²) >= 11 is 13.0. The molecular weight excluding hydrogens is 564 g/mol. The fourth-order valence-electron chi connectivity index (χ4n) is 3.87. The summed E-state index contributed by atoms with van der Waals surface area (Å²) in [5, 5.41) is -0.411. The van der Waals surface area contributed by atoms with Crippen molar-refractivity contribution in [1.82, 2.24) is 0 Å². The highest BCUT2D eigenvalue weighted by Gasteiger charge is 2.08. The van der Waals surface area contributed by atoms with E-state index in [1.807, 2.05) is 36.4 Å². The number of aryl methyl sites for hydroxylation is 4. The Labute approximate surface area is 218 Å². The lowest BCUT2D eigenvalue weighted by Gasteiger charge is -2.11. The molecule has 0 fully saturated rings. The number of carbonyl (C=O) groups excluding carboxylic acids is 2. The van der Waals surface area contributed by atoms with Gasteiger partial charge in [-0.3, -0.25) is 9.59 Å². The van der Waals surface area contributed by atoms with Crippen molar-refractivity contribution in [3.63, 3.8) is 0 Å². The van der Waals surface area contributed by atoms with Crippen LogP contribution in [0, 0.1) is 0 Å². The van der Waals surface area contributed by atoms with Crippen LogP contribution in [0.5, 0.6) is 0 Å². The van der Waals surface area contributed by atoms with Crippen LogP contribution < -0.4 is 0 Å². The molecule has 0 amide bonds. The summed E-state index contributed by atoms with van der Waals surface area (Å²) in [5.74, 6) is 0. The first-order valence-electron chi connectivity index (χ1n) is 11.3. The zero-order valence-electron chi connectivity index (χ0n) is 18.5. The fraction of sp³-hybridized carbons (Fsp3) is 0.286. The van der Waals surface area contributed by atoms with Crippen LogP contribution in [-0.2, 0) is 25.7 Å². The molecule has 0 aromatic heterocycles. The van der Waals surface area contributed by atoms with Crippen LogP contribution in [0.4, 0.5) is 0 Å². The maximum atomic E-state index is 11.2. The number of unbranched alkanes of at least 4 members (excludes halogenated alkanes) is 2. The van der Waals surface area contributed by atoms with Gasteiger partial charge in [-0.25, -0.2) is 0 Å². The first-order valence-corrected chi connectivity index (χ1v) is 13.2. The summed E-state index contributed by atoms with van der Waals surface area (Å²) in [6, 6.07) is 19.9. The van der Waals surface area contributed by atoms with Crippen LogP contribution in [0.2, 0.25) is 0 Å². The molecule has 33 heavy (non-hydrogen) atoms. The summed E-state index contributed by atoms with van der Waals surface area (Å²) in [6.45, 7) is 0. The zero-order chi connectivity index (χ0) is 23.6. The van der Waals surface area contributed by atoms with Crippen molar-refractivity contribution in [3.05, 3.63) is 103 Å². The molecule has 0 radical (unpaired) electrons. The third-order valence-electron chi connectivity index (χ3n) is 5.84. The monoisotopic (exact) mass is 588 g/mol. The molecule has 0 aliphatic carbocycles. The molecule has 0 spiro atoms. The Bertz CT molecular complexity index is 1080. The van der Waals surface area contributed by atoms with Gasteiger partial charge in [0.25, 0.3) is 5.24 Å². The molecule has 3 rings (SSSR count). The van der Waals surface area contributed by atoms with Gasteiger partial charge in [-0.1, -0.05) is 68.3 Å². The van der Waals surface area contributed by atoms with E-state index in [4.69, 9.17) is 11.6 Å². The predicted molar refractivity (Wildman–Crippen MR) is 144 cm³/mol. The summed E-state index contributed by atoms with van der Waals surface area (Å²) < 4.78 is 2.35. The number of hydrogen-bond donors (Lipinski definition) is 0. The minimum atomic E-state index is -0.411. The molecule has 2 nitrogen and oxygen atoms in total. The van der Waals surface area contributed by atoms with E-state index in [1.165, 1.54) is 31.2 Å². The Morgan fingerprint density at radius 3 is 1.55 bits per heavy atom. The van der Waals surface area contributed by atoms with Gasteiger partial charge in [-0.15, -0.1) is 0 Å². The van der Waals surface area contributed by atoms with Crippen LogP contribution in [-0.4, -0.2) is 11.5 Å². The van der Waals surface area contributed by atoms with Gasteiger partial charge in [-0.2, -0.15) is 0 Å². The Hall–Kier alpha value is -1.75. The number of carbonyl (C=O) groups is 2. The lowest BCUT2D eigenvalue weighted by molar-refractivity contribution is 0.108. The molecule has 0 heterocycles. The molecule has 3 aromatic carbocycles. The van der Waals surface area contributed by atoms with E-state index < -0.39 is 5.24 Å². The highest BCUT2D eigenvalue weighted by molar-refractivity contribution is 9.11. The van der Waals surface area contributed by atoms with Crippen molar-refractivity contribution in [2.24, 2.45) is 0 Å². The smallest absolute Gasteiger partial charge is 0.252 e. The third kappa shape index (κ3) is 8.20. The van der Waals surface area contributed by atoms with E-state index >= 15 is 0 Å². The van der Waals surface area contributed by atoms with E-state index in [0.29, 0.717) is 5.56 Å². The van der Waals surface area contributed by atoms with Crippen molar-refractivity contribution in [2.75, 3.05) is 0 Å². The second-order valence-electron chi connectivity index (χ2n) is 8.28. The second-order valence-corrected chi connectivity index (χ2v) is 10.3. The van der Waals surface area contributed by atoms with Crippen LogP contribution in [0.15, 0.2) is 69.6 Å². The van der Waals surface area contributed by atoms with Crippen molar-refractivity contribution >= 4 is 55.0 Å². The van der Waals surface area contributed by atoms with Gasteiger partial charge in [0.2, 0.25) is 0 Å². The Morgan fingerprint density at radius 2 is 1.12 bits per heavy atom. The van der Waals surface area contributed by atoms with Crippen LogP contribution in [0.25, 0.3) is 0 Å². The van der Waals surface area contributed by atoms with Gasteiger partial charge in [0.15, 0.2) is 0 Å². The first-order chi connectivity index (χ1) is 16.0. The van der Waals surface area contributed by atoms with E-state index in [1.54, 1.807) is 12.1 Å². The van der Waals surface area contributed by atoms with Crippen molar-refractivity contribution < 1.29 is 9.59 Å². The minimum absolute atomic E-state index is 0.411. The van der Waals surface area contributed by atoms with Crippen LogP contribution >= 0.6 is 43.5 Å². The molecule has 5 heteroatoms. The van der Waals surface area contributed by atoms with Crippen molar-refractivity contribution in [2.45, 2.75) is 51.4 Å². The Balaban J connectivity index is 1.42. The van der Waals surface area contributed by atoms with Crippen LogP contribution in [0.3, 0.4) is 0 Å². The molecule has 0 saturated carbocycles. The lowest BCUT2D eigenvalue weighted by Crippen LogP contribution is -1.96. The molecule has 3 aromatic rings. The molecule has 0 aliphatic heterocycles. The number of hydrogen-bond acceptors (Lipinski definition) is 2. The Kier molecular flexibility index (Phi) is 10.4. The second kappa shape index (κ2) is 13.2. The molecule has 0 saturated heterocycles. The topological polar surface area (TPSA) is 34.1 Å². The normalized spacial score (nSPS) is 10.9. The van der Waals surface area contributed by atoms with Gasteiger partial charge in [0.1, 0.15) is 6.29 Å². The SMILES string of the molecule is O=Cc1ccc(CCCCc2cc(Br)c(CCCCc3ccc(C(=O)Cl)cc3)cc2Br)cc1. The standard InChI is InChI=1S/C28H27Br2ClO2/c29-26-18-25(8-4-2-6-21-13-15-23(16-14-21)28(31)33)27(30)17-24(26)7-3-1-5-20-9-11-22(19-32)12-10-20/h9-19H,1-8H2. The predicted octanol–water partition coefficient (Wildman–Crippen LogP) is 8.53. The zero-order valence-corrected chi connectivity index (χ0v) is 22.4. The van der Waals surface area contributed by atoms with Gasteiger partial charge in [0.05, 0.1) is 0 Å². The first kappa shape index (κ1) is 25.9.